The van der Waals surface area contributed by atoms with Crippen LogP contribution in [0.2, 0.25) is 0 Å². The van der Waals surface area contributed by atoms with Crippen LogP contribution in [0.4, 0.5) is 13.2 Å². The highest BCUT2D eigenvalue weighted by Gasteiger charge is 2.45. The average Bonchev–Trinajstić information content (AvgIpc) is 2.32. The van der Waals surface area contributed by atoms with Crippen LogP contribution in [0.15, 0.2) is 24.3 Å². The number of halogens is 3. The highest BCUT2D eigenvalue weighted by Crippen LogP contribution is 2.45. The number of hydrogen-bond acceptors (Lipinski definition) is 0. The SMILES string of the molecule is C=C1C(/C=C\C)CCC1C(F)(F)F. The van der Waals surface area contributed by atoms with Crippen molar-refractivity contribution in [3.63, 3.8) is 0 Å². The van der Waals surface area contributed by atoms with Crippen LogP contribution in [0.5, 0.6) is 0 Å². The molecule has 0 nitrogen and oxygen atoms in total. The van der Waals surface area contributed by atoms with Crippen molar-refractivity contribution < 1.29 is 13.2 Å². The summed E-state index contributed by atoms with van der Waals surface area (Å²) in [6, 6.07) is 0. The van der Waals surface area contributed by atoms with Gasteiger partial charge in [0.05, 0.1) is 5.92 Å². The van der Waals surface area contributed by atoms with Crippen molar-refractivity contribution >= 4 is 0 Å². The van der Waals surface area contributed by atoms with Crippen molar-refractivity contribution in [2.75, 3.05) is 0 Å². The van der Waals surface area contributed by atoms with Crippen molar-refractivity contribution in [1.82, 2.24) is 0 Å². The zero-order valence-corrected chi connectivity index (χ0v) is 7.56. The Morgan fingerprint density at radius 3 is 2.38 bits per heavy atom. The molecule has 1 aliphatic rings. The fourth-order valence-electron chi connectivity index (χ4n) is 1.80. The summed E-state index contributed by atoms with van der Waals surface area (Å²) in [6.45, 7) is 5.34. The molecule has 1 aliphatic carbocycles. The summed E-state index contributed by atoms with van der Waals surface area (Å²) in [5, 5.41) is 0. The Bertz CT molecular complexity index is 225. The molecule has 0 spiro atoms. The van der Waals surface area contributed by atoms with Gasteiger partial charge in [-0.2, -0.15) is 13.2 Å². The van der Waals surface area contributed by atoms with Crippen LogP contribution in [0, 0.1) is 11.8 Å². The lowest BCUT2D eigenvalue weighted by molar-refractivity contribution is -0.162. The van der Waals surface area contributed by atoms with Crippen LogP contribution < -0.4 is 0 Å². The van der Waals surface area contributed by atoms with Crippen LogP contribution in [-0.4, -0.2) is 6.18 Å². The number of rotatable bonds is 1. The third-order valence-corrected chi connectivity index (χ3v) is 2.51. The minimum absolute atomic E-state index is 0.0726. The van der Waals surface area contributed by atoms with Gasteiger partial charge in [-0.05, 0) is 25.7 Å². The molecule has 1 fully saturated rings. The number of allylic oxidation sites excluding steroid dienone is 3. The largest absolute Gasteiger partial charge is 0.395 e. The summed E-state index contributed by atoms with van der Waals surface area (Å²) in [6.07, 6.45) is 0.251. The Hall–Kier alpha value is -0.730. The van der Waals surface area contributed by atoms with Gasteiger partial charge in [0.2, 0.25) is 0 Å². The number of alkyl halides is 3. The molecule has 13 heavy (non-hydrogen) atoms. The van der Waals surface area contributed by atoms with Crippen LogP contribution >= 0.6 is 0 Å². The molecule has 1 rings (SSSR count). The monoisotopic (exact) mass is 190 g/mol. The van der Waals surface area contributed by atoms with E-state index in [1.165, 1.54) is 0 Å². The maximum atomic E-state index is 12.3. The van der Waals surface area contributed by atoms with E-state index in [2.05, 4.69) is 6.58 Å². The second-order valence-electron chi connectivity index (χ2n) is 3.38. The summed E-state index contributed by atoms with van der Waals surface area (Å²) >= 11 is 0. The van der Waals surface area contributed by atoms with Crippen molar-refractivity contribution in [2.24, 2.45) is 11.8 Å². The molecule has 0 N–H and O–H groups in total. The van der Waals surface area contributed by atoms with Crippen molar-refractivity contribution in [2.45, 2.75) is 25.9 Å². The lowest BCUT2D eigenvalue weighted by atomic mass is 9.98. The summed E-state index contributed by atoms with van der Waals surface area (Å²) in [5.74, 6) is -1.36. The van der Waals surface area contributed by atoms with E-state index < -0.39 is 12.1 Å². The van der Waals surface area contributed by atoms with Gasteiger partial charge in [-0.25, -0.2) is 0 Å². The molecule has 0 saturated heterocycles. The van der Waals surface area contributed by atoms with E-state index in [4.69, 9.17) is 0 Å². The van der Waals surface area contributed by atoms with E-state index in [-0.39, 0.29) is 12.3 Å². The summed E-state index contributed by atoms with van der Waals surface area (Å²) in [5.41, 5.74) is 0.325. The molecular weight excluding hydrogens is 177 g/mol. The van der Waals surface area contributed by atoms with Crippen LogP contribution in [-0.2, 0) is 0 Å². The molecular formula is C10H13F3. The average molecular weight is 190 g/mol. The van der Waals surface area contributed by atoms with Crippen molar-refractivity contribution in [1.29, 1.82) is 0 Å². The van der Waals surface area contributed by atoms with Gasteiger partial charge in [0.25, 0.3) is 0 Å². The third kappa shape index (κ3) is 2.14. The first kappa shape index (κ1) is 10.4. The van der Waals surface area contributed by atoms with Gasteiger partial charge < -0.3 is 0 Å². The van der Waals surface area contributed by atoms with E-state index in [0.29, 0.717) is 12.0 Å². The first-order valence-electron chi connectivity index (χ1n) is 4.35. The van der Waals surface area contributed by atoms with Gasteiger partial charge in [-0.3, -0.25) is 0 Å². The molecule has 2 unspecified atom stereocenters. The van der Waals surface area contributed by atoms with Crippen molar-refractivity contribution in [3.8, 4) is 0 Å². The summed E-state index contributed by atoms with van der Waals surface area (Å²) in [4.78, 5) is 0. The molecule has 0 bridgehead atoms. The molecule has 0 heterocycles. The van der Waals surface area contributed by atoms with E-state index in [9.17, 15) is 13.2 Å². The zero-order chi connectivity index (χ0) is 10.1. The van der Waals surface area contributed by atoms with E-state index >= 15 is 0 Å². The maximum absolute atomic E-state index is 12.3. The van der Waals surface area contributed by atoms with Crippen LogP contribution in [0.25, 0.3) is 0 Å². The normalized spacial score (nSPS) is 30.3. The second kappa shape index (κ2) is 3.56. The quantitative estimate of drug-likeness (QED) is 0.553. The minimum Gasteiger partial charge on any atom is -0.170 e. The van der Waals surface area contributed by atoms with Gasteiger partial charge >= 0.3 is 6.18 Å². The van der Waals surface area contributed by atoms with Crippen molar-refractivity contribution in [3.05, 3.63) is 24.3 Å². The third-order valence-electron chi connectivity index (χ3n) is 2.51. The fraction of sp³-hybridized carbons (Fsp3) is 0.600. The molecule has 0 aromatic heterocycles. The Morgan fingerprint density at radius 1 is 1.38 bits per heavy atom. The fourth-order valence-corrected chi connectivity index (χ4v) is 1.80. The van der Waals surface area contributed by atoms with Crippen LogP contribution in [0.3, 0.4) is 0 Å². The summed E-state index contributed by atoms with van der Waals surface area (Å²) in [7, 11) is 0. The molecule has 3 heteroatoms. The molecule has 0 aromatic rings. The lowest BCUT2D eigenvalue weighted by Crippen LogP contribution is -2.21. The Kier molecular flexibility index (Phi) is 2.84. The standard InChI is InChI=1S/C10H13F3/c1-3-4-8-5-6-9(7(8)2)10(11,12)13/h3-4,8-9H,2,5-6H2,1H3/b4-3-. The second-order valence-corrected chi connectivity index (χ2v) is 3.38. The van der Waals surface area contributed by atoms with E-state index in [0.717, 1.165) is 0 Å². The lowest BCUT2D eigenvalue weighted by Gasteiger charge is -2.16. The minimum atomic E-state index is -4.10. The van der Waals surface area contributed by atoms with Gasteiger partial charge in [-0.1, -0.05) is 24.3 Å². The van der Waals surface area contributed by atoms with Gasteiger partial charge in [-0.15, -0.1) is 0 Å². The Labute approximate surface area is 76.1 Å². The smallest absolute Gasteiger partial charge is 0.170 e. The number of hydrogen-bond donors (Lipinski definition) is 0. The van der Waals surface area contributed by atoms with Gasteiger partial charge in [0, 0.05) is 0 Å². The molecule has 0 aliphatic heterocycles. The molecule has 0 aromatic carbocycles. The van der Waals surface area contributed by atoms with E-state index in [1.54, 1.807) is 12.2 Å². The molecule has 1 saturated carbocycles. The zero-order valence-electron chi connectivity index (χ0n) is 7.56. The predicted octanol–water partition coefficient (Wildman–Crippen LogP) is 3.71. The first-order valence-corrected chi connectivity index (χ1v) is 4.35. The Morgan fingerprint density at radius 2 is 2.00 bits per heavy atom. The molecule has 74 valence electrons. The molecule has 2 atom stereocenters. The highest BCUT2D eigenvalue weighted by molar-refractivity contribution is 5.19. The topological polar surface area (TPSA) is 0 Å². The Balaban J connectivity index is 2.71. The van der Waals surface area contributed by atoms with Gasteiger partial charge in [0.15, 0.2) is 0 Å². The molecule has 0 amide bonds. The van der Waals surface area contributed by atoms with Crippen LogP contribution in [0.1, 0.15) is 19.8 Å². The van der Waals surface area contributed by atoms with Gasteiger partial charge in [0.1, 0.15) is 0 Å². The highest BCUT2D eigenvalue weighted by atomic mass is 19.4. The maximum Gasteiger partial charge on any atom is 0.395 e. The molecule has 0 radical (unpaired) electrons. The summed E-state index contributed by atoms with van der Waals surface area (Å²) < 4.78 is 37.0. The van der Waals surface area contributed by atoms with E-state index in [1.807, 2.05) is 6.92 Å². The predicted molar refractivity (Wildman–Crippen MR) is 46.2 cm³/mol. The first-order chi connectivity index (χ1) is 5.96.